The lowest BCUT2D eigenvalue weighted by atomic mass is 10.1. The Morgan fingerprint density at radius 1 is 1.35 bits per heavy atom. The van der Waals surface area contributed by atoms with Crippen molar-refractivity contribution >= 4 is 17.3 Å². The largest absolute Gasteiger partial charge is 0.395 e. The van der Waals surface area contributed by atoms with Crippen molar-refractivity contribution in [2.75, 3.05) is 5.73 Å². The first-order valence-corrected chi connectivity index (χ1v) is 5.54. The molecule has 0 fully saturated rings. The van der Waals surface area contributed by atoms with Crippen LogP contribution in [0.4, 0.5) is 10.1 Å². The van der Waals surface area contributed by atoms with E-state index >= 15 is 0 Å². The number of rotatable bonds is 1. The zero-order valence-corrected chi connectivity index (χ0v) is 10.6. The topological polar surface area (TPSA) is 43.8 Å². The molecular weight excluding hydrogens is 241 g/mol. The van der Waals surface area contributed by atoms with Gasteiger partial charge in [-0.1, -0.05) is 11.6 Å². The van der Waals surface area contributed by atoms with Gasteiger partial charge in [-0.2, -0.15) is 5.10 Å². The summed E-state index contributed by atoms with van der Waals surface area (Å²) in [7, 11) is 1.76. The van der Waals surface area contributed by atoms with Crippen LogP contribution in [0.5, 0.6) is 0 Å². The smallest absolute Gasteiger partial charge is 0.126 e. The highest BCUT2D eigenvalue weighted by Crippen LogP contribution is 2.34. The molecule has 5 heteroatoms. The number of hydrogen-bond acceptors (Lipinski definition) is 2. The molecule has 0 aliphatic carbocycles. The molecular formula is C12H13ClFN3. The van der Waals surface area contributed by atoms with Crippen molar-refractivity contribution in [3.63, 3.8) is 0 Å². The van der Waals surface area contributed by atoms with Crippen molar-refractivity contribution in [3.8, 4) is 11.3 Å². The van der Waals surface area contributed by atoms with Gasteiger partial charge >= 0.3 is 0 Å². The fourth-order valence-electron chi connectivity index (χ4n) is 1.82. The molecule has 0 aliphatic rings. The van der Waals surface area contributed by atoms with Crippen LogP contribution in [-0.2, 0) is 7.05 Å². The van der Waals surface area contributed by atoms with E-state index in [1.54, 1.807) is 31.6 Å². The van der Waals surface area contributed by atoms with Crippen LogP contribution in [-0.4, -0.2) is 9.78 Å². The van der Waals surface area contributed by atoms with Crippen molar-refractivity contribution in [2.24, 2.45) is 7.05 Å². The molecule has 3 nitrogen and oxygen atoms in total. The van der Waals surface area contributed by atoms with Gasteiger partial charge in [0, 0.05) is 12.6 Å². The number of anilines is 1. The van der Waals surface area contributed by atoms with E-state index in [-0.39, 0.29) is 5.82 Å². The standard InChI is InChI=1S/C12H13ClFN3/c1-6-4-9(13)8(5-10(6)14)12-11(15)7(2)16-17(12)3/h4-5H,15H2,1-3H3. The molecule has 1 aromatic heterocycles. The quantitative estimate of drug-likeness (QED) is 0.849. The normalized spacial score (nSPS) is 10.9. The molecule has 2 N–H and O–H groups in total. The van der Waals surface area contributed by atoms with Gasteiger partial charge in [0.2, 0.25) is 0 Å². The van der Waals surface area contributed by atoms with Gasteiger partial charge in [0.15, 0.2) is 0 Å². The molecule has 0 aliphatic heterocycles. The molecule has 0 bridgehead atoms. The SMILES string of the molecule is Cc1cc(Cl)c(-c2c(N)c(C)nn2C)cc1F. The van der Waals surface area contributed by atoms with Crippen molar-refractivity contribution < 1.29 is 4.39 Å². The van der Waals surface area contributed by atoms with Crippen molar-refractivity contribution in [1.82, 2.24) is 9.78 Å². The first kappa shape index (κ1) is 11.9. The minimum atomic E-state index is -0.303. The Morgan fingerprint density at radius 3 is 2.53 bits per heavy atom. The van der Waals surface area contributed by atoms with E-state index < -0.39 is 0 Å². The fraction of sp³-hybridized carbons (Fsp3) is 0.250. The highest BCUT2D eigenvalue weighted by molar-refractivity contribution is 6.33. The second-order valence-electron chi connectivity index (χ2n) is 4.05. The molecule has 2 rings (SSSR count). The van der Waals surface area contributed by atoms with E-state index in [0.29, 0.717) is 33.2 Å². The molecule has 1 heterocycles. The van der Waals surface area contributed by atoms with E-state index in [4.69, 9.17) is 17.3 Å². The number of aromatic nitrogens is 2. The second kappa shape index (κ2) is 4.04. The Balaban J connectivity index is 2.72. The molecule has 0 atom stereocenters. The van der Waals surface area contributed by atoms with Crippen LogP contribution in [0.3, 0.4) is 0 Å². The Labute approximate surface area is 104 Å². The number of nitrogens with two attached hydrogens (primary N) is 1. The average Bonchev–Trinajstić information content (AvgIpc) is 2.48. The van der Waals surface area contributed by atoms with Crippen LogP contribution >= 0.6 is 11.6 Å². The third-order valence-corrected chi connectivity index (χ3v) is 3.08. The highest BCUT2D eigenvalue weighted by atomic mass is 35.5. The first-order valence-electron chi connectivity index (χ1n) is 5.17. The van der Waals surface area contributed by atoms with Crippen molar-refractivity contribution in [1.29, 1.82) is 0 Å². The number of aryl methyl sites for hydroxylation is 3. The van der Waals surface area contributed by atoms with Crippen molar-refractivity contribution in [3.05, 3.63) is 34.2 Å². The van der Waals surface area contributed by atoms with Crippen molar-refractivity contribution in [2.45, 2.75) is 13.8 Å². The first-order chi connectivity index (χ1) is 7.91. The summed E-state index contributed by atoms with van der Waals surface area (Å²) in [5, 5.41) is 4.66. The zero-order chi connectivity index (χ0) is 12.7. The van der Waals surface area contributed by atoms with Gasteiger partial charge in [0.05, 0.1) is 22.1 Å². The summed E-state index contributed by atoms with van der Waals surface area (Å²) in [5.74, 6) is -0.303. The lowest BCUT2D eigenvalue weighted by Gasteiger charge is -2.08. The van der Waals surface area contributed by atoms with Crippen LogP contribution in [0.25, 0.3) is 11.3 Å². The average molecular weight is 254 g/mol. The summed E-state index contributed by atoms with van der Waals surface area (Å²) >= 11 is 6.13. The Morgan fingerprint density at radius 2 is 2.00 bits per heavy atom. The van der Waals surface area contributed by atoms with E-state index in [0.717, 1.165) is 0 Å². The summed E-state index contributed by atoms with van der Waals surface area (Å²) in [4.78, 5) is 0. The van der Waals surface area contributed by atoms with E-state index in [1.165, 1.54) is 6.07 Å². The fourth-order valence-corrected chi connectivity index (χ4v) is 2.13. The number of nitrogen functional groups attached to an aromatic ring is 1. The predicted octanol–water partition coefficient (Wildman–Crippen LogP) is 3.08. The monoisotopic (exact) mass is 253 g/mol. The maximum Gasteiger partial charge on any atom is 0.126 e. The summed E-state index contributed by atoms with van der Waals surface area (Å²) < 4.78 is 15.2. The van der Waals surface area contributed by atoms with Gasteiger partial charge in [-0.05, 0) is 31.5 Å². The molecule has 0 radical (unpaired) electrons. The third kappa shape index (κ3) is 1.89. The zero-order valence-electron chi connectivity index (χ0n) is 9.88. The summed E-state index contributed by atoms with van der Waals surface area (Å²) in [5.41, 5.74) is 8.88. The van der Waals surface area contributed by atoms with E-state index in [2.05, 4.69) is 5.10 Å². The summed E-state index contributed by atoms with van der Waals surface area (Å²) in [6.07, 6.45) is 0. The maximum absolute atomic E-state index is 13.6. The van der Waals surface area contributed by atoms with Gasteiger partial charge in [0.1, 0.15) is 5.82 Å². The minimum absolute atomic E-state index is 0.303. The molecule has 0 spiro atoms. The van der Waals surface area contributed by atoms with Crippen LogP contribution < -0.4 is 5.73 Å². The van der Waals surface area contributed by atoms with Crippen LogP contribution in [0.2, 0.25) is 5.02 Å². The van der Waals surface area contributed by atoms with Crippen LogP contribution in [0.15, 0.2) is 12.1 Å². The maximum atomic E-state index is 13.6. The van der Waals surface area contributed by atoms with Gasteiger partial charge in [0.25, 0.3) is 0 Å². The van der Waals surface area contributed by atoms with Crippen LogP contribution in [0, 0.1) is 19.7 Å². The van der Waals surface area contributed by atoms with Gasteiger partial charge in [-0.3, -0.25) is 4.68 Å². The van der Waals surface area contributed by atoms with Gasteiger partial charge in [-0.25, -0.2) is 4.39 Å². The third-order valence-electron chi connectivity index (χ3n) is 2.77. The Kier molecular flexibility index (Phi) is 2.83. The molecule has 2 aromatic rings. The summed E-state index contributed by atoms with van der Waals surface area (Å²) in [6, 6.07) is 2.98. The molecule has 1 aromatic carbocycles. The second-order valence-corrected chi connectivity index (χ2v) is 4.46. The number of benzene rings is 1. The van der Waals surface area contributed by atoms with Gasteiger partial charge in [-0.15, -0.1) is 0 Å². The number of halogens is 2. The molecule has 0 saturated carbocycles. The molecule has 0 unspecified atom stereocenters. The Bertz CT molecular complexity index is 590. The summed E-state index contributed by atoms with van der Waals surface area (Å²) in [6.45, 7) is 3.47. The van der Waals surface area contributed by atoms with E-state index in [1.807, 2.05) is 0 Å². The van der Waals surface area contributed by atoms with E-state index in [9.17, 15) is 4.39 Å². The molecule has 90 valence electrons. The number of nitrogens with zero attached hydrogens (tertiary/aromatic N) is 2. The molecule has 0 saturated heterocycles. The lowest BCUT2D eigenvalue weighted by molar-refractivity contribution is 0.618. The minimum Gasteiger partial charge on any atom is -0.395 e. The lowest BCUT2D eigenvalue weighted by Crippen LogP contribution is -1.97. The molecule has 17 heavy (non-hydrogen) atoms. The number of hydrogen-bond donors (Lipinski definition) is 1. The predicted molar refractivity (Wildman–Crippen MR) is 67.5 cm³/mol. The van der Waals surface area contributed by atoms with Crippen LogP contribution in [0.1, 0.15) is 11.3 Å². The van der Waals surface area contributed by atoms with Gasteiger partial charge < -0.3 is 5.73 Å². The Hall–Kier alpha value is -1.55. The highest BCUT2D eigenvalue weighted by Gasteiger charge is 2.16. The molecule has 0 amide bonds.